The maximum absolute atomic E-state index is 9.40. The summed E-state index contributed by atoms with van der Waals surface area (Å²) in [6.07, 6.45) is 2.58. The van der Waals surface area contributed by atoms with Crippen molar-refractivity contribution < 1.29 is 14.6 Å². The minimum atomic E-state index is -0.0784. The molecular weight excluding hydrogens is 282 g/mol. The summed E-state index contributed by atoms with van der Waals surface area (Å²) in [6.45, 7) is 2.83. The van der Waals surface area contributed by atoms with Gasteiger partial charge in [0.2, 0.25) is 0 Å². The zero-order valence-corrected chi connectivity index (χ0v) is 13.4. The number of ether oxygens (including phenoxy) is 2. The first-order valence-electron chi connectivity index (χ1n) is 7.46. The number of aromatic nitrogens is 3. The molecule has 0 aliphatic heterocycles. The summed E-state index contributed by atoms with van der Waals surface area (Å²) >= 11 is 0. The summed E-state index contributed by atoms with van der Waals surface area (Å²) in [4.78, 5) is 0. The van der Waals surface area contributed by atoms with E-state index in [1.54, 1.807) is 14.2 Å². The van der Waals surface area contributed by atoms with E-state index in [9.17, 15) is 5.11 Å². The van der Waals surface area contributed by atoms with Gasteiger partial charge >= 0.3 is 0 Å². The Kier molecular flexibility index (Phi) is 5.77. The zero-order chi connectivity index (χ0) is 15.9. The normalized spacial score (nSPS) is 10.7. The fourth-order valence-corrected chi connectivity index (χ4v) is 2.46. The van der Waals surface area contributed by atoms with Gasteiger partial charge in [0.05, 0.1) is 26.5 Å². The molecule has 1 N–H and O–H groups in total. The third kappa shape index (κ3) is 3.57. The second-order valence-corrected chi connectivity index (χ2v) is 5.05. The van der Waals surface area contributed by atoms with Crippen molar-refractivity contribution in [3.8, 4) is 11.5 Å². The van der Waals surface area contributed by atoms with E-state index in [-0.39, 0.29) is 6.61 Å². The molecule has 22 heavy (non-hydrogen) atoms. The molecule has 0 radical (unpaired) electrons. The average Bonchev–Trinajstić information content (AvgIpc) is 2.94. The van der Waals surface area contributed by atoms with Gasteiger partial charge in [-0.25, -0.2) is 4.68 Å². The van der Waals surface area contributed by atoms with Crippen molar-refractivity contribution in [2.45, 2.75) is 39.3 Å². The largest absolute Gasteiger partial charge is 0.493 e. The third-order valence-electron chi connectivity index (χ3n) is 3.60. The van der Waals surface area contributed by atoms with E-state index in [0.29, 0.717) is 5.69 Å². The number of methoxy groups -OCH3 is 2. The van der Waals surface area contributed by atoms with Gasteiger partial charge < -0.3 is 14.6 Å². The molecule has 2 aromatic rings. The maximum Gasteiger partial charge on any atom is 0.160 e. The van der Waals surface area contributed by atoms with Gasteiger partial charge in [0.25, 0.3) is 0 Å². The van der Waals surface area contributed by atoms with Gasteiger partial charge in [-0.15, -0.1) is 5.10 Å². The molecule has 1 heterocycles. The summed E-state index contributed by atoms with van der Waals surface area (Å²) in [5.41, 5.74) is 2.80. The van der Waals surface area contributed by atoms with Crippen LogP contribution >= 0.6 is 0 Å². The molecule has 6 heteroatoms. The number of rotatable bonds is 8. The minimum absolute atomic E-state index is 0.0784. The van der Waals surface area contributed by atoms with Gasteiger partial charge in [-0.2, -0.15) is 0 Å². The van der Waals surface area contributed by atoms with Gasteiger partial charge in [-0.1, -0.05) is 18.2 Å². The monoisotopic (exact) mass is 305 g/mol. The van der Waals surface area contributed by atoms with Crippen LogP contribution in [-0.2, 0) is 26.0 Å². The lowest BCUT2D eigenvalue weighted by atomic mass is 10.1. The van der Waals surface area contributed by atoms with Crippen molar-refractivity contribution in [2.24, 2.45) is 0 Å². The van der Waals surface area contributed by atoms with E-state index in [0.717, 1.165) is 48.6 Å². The predicted molar refractivity (Wildman–Crippen MR) is 83.2 cm³/mol. The number of hydrogen-bond donors (Lipinski definition) is 1. The Balaban J connectivity index is 2.14. The Bertz CT molecular complexity index is 611. The van der Waals surface area contributed by atoms with Crippen molar-refractivity contribution in [1.29, 1.82) is 0 Å². The topological polar surface area (TPSA) is 69.4 Å². The smallest absolute Gasteiger partial charge is 0.160 e. The molecule has 6 nitrogen and oxygen atoms in total. The molecular formula is C16H23N3O3. The van der Waals surface area contributed by atoms with Crippen molar-refractivity contribution in [2.75, 3.05) is 14.2 Å². The molecule has 0 aliphatic carbocycles. The van der Waals surface area contributed by atoms with E-state index in [1.165, 1.54) is 0 Å². The third-order valence-corrected chi connectivity index (χ3v) is 3.60. The molecule has 1 aromatic carbocycles. The number of hydrogen-bond acceptors (Lipinski definition) is 5. The molecule has 0 fully saturated rings. The van der Waals surface area contributed by atoms with Crippen LogP contribution in [0.5, 0.6) is 11.5 Å². The molecule has 0 unspecified atom stereocenters. The summed E-state index contributed by atoms with van der Waals surface area (Å²) in [5.74, 6) is 1.45. The van der Waals surface area contributed by atoms with Crippen LogP contribution in [0.15, 0.2) is 18.2 Å². The molecule has 0 saturated carbocycles. The molecule has 0 bridgehead atoms. The predicted octanol–water partition coefficient (Wildman–Crippen LogP) is 1.98. The Labute approximate surface area is 130 Å². The summed E-state index contributed by atoms with van der Waals surface area (Å²) < 4.78 is 12.5. The Morgan fingerprint density at radius 3 is 2.55 bits per heavy atom. The van der Waals surface area contributed by atoms with Crippen LogP contribution in [-0.4, -0.2) is 34.3 Å². The van der Waals surface area contributed by atoms with Gasteiger partial charge in [0, 0.05) is 6.54 Å². The lowest BCUT2D eigenvalue weighted by Crippen LogP contribution is -2.07. The Hall–Kier alpha value is -2.08. The SMILES string of the molecule is CCCn1nnc(CO)c1CCc1ccc(OC)c(OC)c1. The van der Waals surface area contributed by atoms with Gasteiger partial charge in [-0.05, 0) is 37.0 Å². The molecule has 0 amide bonds. The molecule has 0 saturated heterocycles. The summed E-state index contributed by atoms with van der Waals surface area (Å²) in [5, 5.41) is 17.6. The lowest BCUT2D eigenvalue weighted by Gasteiger charge is -2.10. The second-order valence-electron chi connectivity index (χ2n) is 5.05. The number of benzene rings is 1. The van der Waals surface area contributed by atoms with E-state index in [2.05, 4.69) is 17.2 Å². The van der Waals surface area contributed by atoms with Crippen LogP contribution < -0.4 is 9.47 Å². The zero-order valence-electron chi connectivity index (χ0n) is 13.4. The van der Waals surface area contributed by atoms with Gasteiger partial charge in [-0.3, -0.25) is 0 Å². The van der Waals surface area contributed by atoms with Crippen LogP contribution in [0.4, 0.5) is 0 Å². The molecule has 2 rings (SSSR count). The average molecular weight is 305 g/mol. The quantitative estimate of drug-likeness (QED) is 0.807. The number of nitrogens with zero attached hydrogens (tertiary/aromatic N) is 3. The maximum atomic E-state index is 9.40. The first kappa shape index (κ1) is 16.3. The van der Waals surface area contributed by atoms with E-state index < -0.39 is 0 Å². The van der Waals surface area contributed by atoms with Crippen LogP contribution in [0.3, 0.4) is 0 Å². The van der Waals surface area contributed by atoms with Crippen LogP contribution in [0.1, 0.15) is 30.3 Å². The highest BCUT2D eigenvalue weighted by atomic mass is 16.5. The lowest BCUT2D eigenvalue weighted by molar-refractivity contribution is 0.275. The molecule has 0 atom stereocenters. The number of aliphatic hydroxyl groups excluding tert-OH is 1. The summed E-state index contributed by atoms with van der Waals surface area (Å²) in [7, 11) is 3.26. The van der Waals surface area contributed by atoms with Crippen molar-refractivity contribution in [3.05, 3.63) is 35.2 Å². The Morgan fingerprint density at radius 2 is 1.91 bits per heavy atom. The number of aliphatic hydroxyl groups is 1. The highest BCUT2D eigenvalue weighted by Crippen LogP contribution is 2.28. The second kappa shape index (κ2) is 7.79. The van der Waals surface area contributed by atoms with Crippen molar-refractivity contribution >= 4 is 0 Å². The van der Waals surface area contributed by atoms with Crippen LogP contribution in [0.2, 0.25) is 0 Å². The molecule has 0 aliphatic rings. The van der Waals surface area contributed by atoms with Crippen molar-refractivity contribution in [1.82, 2.24) is 15.0 Å². The molecule has 0 spiro atoms. The first-order valence-corrected chi connectivity index (χ1v) is 7.46. The van der Waals surface area contributed by atoms with Gasteiger partial charge in [0.15, 0.2) is 11.5 Å². The molecule has 120 valence electrons. The molecule has 1 aromatic heterocycles. The van der Waals surface area contributed by atoms with Crippen molar-refractivity contribution in [3.63, 3.8) is 0 Å². The number of aryl methyl sites for hydroxylation is 2. The van der Waals surface area contributed by atoms with E-state index in [4.69, 9.17) is 9.47 Å². The standard InChI is InChI=1S/C16H23N3O3/c1-4-9-19-14(13(11-20)17-18-19)7-5-12-6-8-15(21-2)16(10-12)22-3/h6,8,10,20H,4-5,7,9,11H2,1-3H3. The highest BCUT2D eigenvalue weighted by Gasteiger charge is 2.12. The van der Waals surface area contributed by atoms with Crippen LogP contribution in [0.25, 0.3) is 0 Å². The highest BCUT2D eigenvalue weighted by molar-refractivity contribution is 5.43. The summed E-state index contributed by atoms with van der Waals surface area (Å²) in [6, 6.07) is 5.90. The fraction of sp³-hybridized carbons (Fsp3) is 0.500. The minimum Gasteiger partial charge on any atom is -0.493 e. The van der Waals surface area contributed by atoms with Crippen LogP contribution in [0, 0.1) is 0 Å². The van der Waals surface area contributed by atoms with E-state index >= 15 is 0 Å². The fourth-order valence-electron chi connectivity index (χ4n) is 2.46. The first-order chi connectivity index (χ1) is 10.7. The van der Waals surface area contributed by atoms with Gasteiger partial charge in [0.1, 0.15) is 5.69 Å². The van der Waals surface area contributed by atoms with E-state index in [1.807, 2.05) is 22.9 Å². The Morgan fingerprint density at radius 1 is 1.14 bits per heavy atom.